The molecule has 172 valence electrons. The summed E-state index contributed by atoms with van der Waals surface area (Å²) in [5.41, 5.74) is 14.0. The van der Waals surface area contributed by atoms with Crippen molar-refractivity contribution in [3.05, 3.63) is 75.7 Å². The summed E-state index contributed by atoms with van der Waals surface area (Å²) >= 11 is 12.3. The average molecular weight is 493 g/mol. The monoisotopic (exact) mass is 492 g/mol. The zero-order chi connectivity index (χ0) is 23.7. The summed E-state index contributed by atoms with van der Waals surface area (Å²) in [5, 5.41) is 9.12. The van der Waals surface area contributed by atoms with Crippen LogP contribution in [0.25, 0.3) is 0 Å². The van der Waals surface area contributed by atoms with E-state index in [0.717, 1.165) is 0 Å². The van der Waals surface area contributed by atoms with Crippen molar-refractivity contribution in [2.24, 2.45) is 11.7 Å². The summed E-state index contributed by atoms with van der Waals surface area (Å²) in [4.78, 5) is 9.97. The highest BCUT2D eigenvalue weighted by molar-refractivity contribution is 6.35. The standard InChI is InChI=1S/C22H20Cl2F2N6O/c23-15-7-30-8-16(24)19(15)22(29)33-13-2-3-17(27)14(5-13)20(28)11-1-4-18(31-6-11)32-9-12(10-32)21(25)26/h1-8,12,21-22,28H,9-10,27,29H2/t22-/m0/s1. The Balaban J connectivity index is 1.50. The smallest absolute Gasteiger partial charge is 0.244 e. The third-order valence-electron chi connectivity index (χ3n) is 5.36. The molecule has 2 aromatic heterocycles. The van der Waals surface area contributed by atoms with Gasteiger partial charge in [0.05, 0.1) is 21.7 Å². The topological polar surface area (TPSA) is 114 Å². The molecule has 11 heteroatoms. The lowest BCUT2D eigenvalue weighted by Crippen LogP contribution is -2.50. The average Bonchev–Trinajstić information content (AvgIpc) is 2.73. The molecule has 0 spiro atoms. The van der Waals surface area contributed by atoms with Crippen molar-refractivity contribution >= 4 is 40.4 Å². The van der Waals surface area contributed by atoms with Crippen molar-refractivity contribution in [2.75, 3.05) is 23.7 Å². The Labute approximate surface area is 198 Å². The minimum absolute atomic E-state index is 0.125. The lowest BCUT2D eigenvalue weighted by Gasteiger charge is -2.39. The second kappa shape index (κ2) is 9.46. The van der Waals surface area contributed by atoms with Gasteiger partial charge in [-0.1, -0.05) is 23.2 Å². The Bertz CT molecular complexity index is 1150. The fraction of sp³-hybridized carbons (Fsp3) is 0.227. The van der Waals surface area contributed by atoms with Crippen LogP contribution in [0.2, 0.25) is 10.0 Å². The molecule has 7 nitrogen and oxygen atoms in total. The van der Waals surface area contributed by atoms with Crippen LogP contribution in [0.4, 0.5) is 20.3 Å². The van der Waals surface area contributed by atoms with Crippen molar-refractivity contribution in [3.8, 4) is 5.75 Å². The van der Waals surface area contributed by atoms with Crippen LogP contribution in [0.1, 0.15) is 22.9 Å². The molecule has 0 saturated carbocycles. The van der Waals surface area contributed by atoms with Crippen molar-refractivity contribution in [2.45, 2.75) is 12.7 Å². The maximum atomic E-state index is 12.7. The number of benzene rings is 1. The fourth-order valence-electron chi connectivity index (χ4n) is 3.46. The molecule has 1 atom stereocenters. The van der Waals surface area contributed by atoms with E-state index in [1.54, 1.807) is 35.2 Å². The van der Waals surface area contributed by atoms with Gasteiger partial charge in [-0.2, -0.15) is 0 Å². The normalized spacial score (nSPS) is 14.8. The molecule has 3 aromatic rings. The Morgan fingerprint density at radius 1 is 1.12 bits per heavy atom. The van der Waals surface area contributed by atoms with E-state index in [9.17, 15) is 8.78 Å². The maximum Gasteiger partial charge on any atom is 0.244 e. The summed E-state index contributed by atoms with van der Waals surface area (Å²) in [6.07, 6.45) is 1.06. The van der Waals surface area contributed by atoms with E-state index < -0.39 is 18.6 Å². The van der Waals surface area contributed by atoms with E-state index in [2.05, 4.69) is 9.97 Å². The van der Waals surface area contributed by atoms with Crippen LogP contribution < -0.4 is 21.1 Å². The third kappa shape index (κ3) is 4.85. The number of pyridine rings is 2. The largest absolute Gasteiger partial charge is 0.471 e. The van der Waals surface area contributed by atoms with Crippen LogP contribution in [0.15, 0.2) is 48.9 Å². The molecule has 0 unspecified atom stereocenters. The molecule has 0 radical (unpaired) electrons. The summed E-state index contributed by atoms with van der Waals surface area (Å²) in [6, 6.07) is 8.23. The van der Waals surface area contributed by atoms with Gasteiger partial charge in [-0.25, -0.2) is 13.8 Å². The van der Waals surface area contributed by atoms with Crippen LogP contribution in [0.5, 0.6) is 5.75 Å². The Morgan fingerprint density at radius 2 is 1.82 bits per heavy atom. The third-order valence-corrected chi connectivity index (χ3v) is 5.96. The predicted molar refractivity (Wildman–Crippen MR) is 125 cm³/mol. The van der Waals surface area contributed by atoms with Gasteiger partial charge in [-0.05, 0) is 30.3 Å². The van der Waals surface area contributed by atoms with Crippen LogP contribution >= 0.6 is 23.2 Å². The van der Waals surface area contributed by atoms with Gasteiger partial charge in [0.25, 0.3) is 0 Å². The van der Waals surface area contributed by atoms with Gasteiger partial charge < -0.3 is 15.4 Å². The van der Waals surface area contributed by atoms with E-state index in [1.165, 1.54) is 18.6 Å². The molecule has 0 aliphatic carbocycles. The number of nitrogens with two attached hydrogens (primary N) is 2. The molecule has 4 rings (SSSR count). The number of aromatic nitrogens is 2. The highest BCUT2D eigenvalue weighted by atomic mass is 35.5. The van der Waals surface area contributed by atoms with Crippen molar-refractivity contribution < 1.29 is 13.5 Å². The molecule has 1 aromatic carbocycles. The molecule has 5 N–H and O–H groups in total. The Hall–Kier alpha value is -3.01. The lowest BCUT2D eigenvalue weighted by atomic mass is 10.00. The zero-order valence-corrected chi connectivity index (χ0v) is 18.7. The van der Waals surface area contributed by atoms with Gasteiger partial charge in [-0.15, -0.1) is 0 Å². The molecular formula is C22H20Cl2F2N6O. The van der Waals surface area contributed by atoms with Crippen LogP contribution in [0.3, 0.4) is 0 Å². The Morgan fingerprint density at radius 3 is 2.42 bits per heavy atom. The molecule has 0 amide bonds. The van der Waals surface area contributed by atoms with Crippen molar-refractivity contribution in [1.82, 2.24) is 9.97 Å². The maximum absolute atomic E-state index is 12.7. The van der Waals surface area contributed by atoms with E-state index in [1.807, 2.05) is 0 Å². The van der Waals surface area contributed by atoms with Gasteiger partial charge in [-0.3, -0.25) is 16.1 Å². The van der Waals surface area contributed by atoms with Gasteiger partial charge in [0.2, 0.25) is 6.43 Å². The second-order valence-corrected chi connectivity index (χ2v) is 8.40. The summed E-state index contributed by atoms with van der Waals surface area (Å²) in [6.45, 7) is 0.527. The fourth-order valence-corrected chi connectivity index (χ4v) is 4.04. The first-order valence-electron chi connectivity index (χ1n) is 9.93. The molecule has 1 aliphatic heterocycles. The SMILES string of the molecule is N=C(c1ccc(N2CC(C(F)F)C2)nc1)c1cc(O[C@H](N)c2c(Cl)cncc2Cl)ccc1N. The molecule has 3 heterocycles. The number of rotatable bonds is 7. The van der Waals surface area contributed by atoms with Gasteiger partial charge >= 0.3 is 0 Å². The summed E-state index contributed by atoms with van der Waals surface area (Å²) in [7, 11) is 0. The highest BCUT2D eigenvalue weighted by Crippen LogP contribution is 2.32. The molecule has 33 heavy (non-hydrogen) atoms. The van der Waals surface area contributed by atoms with Crippen LogP contribution in [0, 0.1) is 11.3 Å². The number of halogens is 4. The van der Waals surface area contributed by atoms with Crippen LogP contribution in [-0.2, 0) is 0 Å². The minimum atomic E-state index is -2.33. The predicted octanol–water partition coefficient (Wildman–Crippen LogP) is 4.52. The first-order chi connectivity index (χ1) is 15.7. The number of nitrogens with zero attached hydrogens (tertiary/aromatic N) is 3. The zero-order valence-electron chi connectivity index (χ0n) is 17.2. The Kier molecular flexibility index (Phi) is 6.64. The number of ether oxygens (including phenoxy) is 1. The van der Waals surface area contributed by atoms with Crippen molar-refractivity contribution in [1.29, 1.82) is 5.41 Å². The number of hydrogen-bond acceptors (Lipinski definition) is 7. The number of anilines is 2. The molecule has 0 bridgehead atoms. The van der Waals surface area contributed by atoms with Crippen LogP contribution in [-0.4, -0.2) is 35.2 Å². The van der Waals surface area contributed by atoms with E-state index in [4.69, 9.17) is 44.8 Å². The van der Waals surface area contributed by atoms with Gasteiger partial charge in [0.1, 0.15) is 11.6 Å². The molecule has 1 saturated heterocycles. The first-order valence-corrected chi connectivity index (χ1v) is 10.7. The number of nitrogen functional groups attached to an aromatic ring is 1. The van der Waals surface area contributed by atoms with E-state index in [-0.39, 0.29) is 28.8 Å². The number of nitrogens with one attached hydrogen (secondary N) is 1. The first kappa shape index (κ1) is 23.2. The van der Waals surface area contributed by atoms with Crippen molar-refractivity contribution in [3.63, 3.8) is 0 Å². The summed E-state index contributed by atoms with van der Waals surface area (Å²) < 4.78 is 31.2. The van der Waals surface area contributed by atoms with Gasteiger partial charge in [0, 0.05) is 54.1 Å². The highest BCUT2D eigenvalue weighted by Gasteiger charge is 2.34. The number of hydrogen-bond donors (Lipinski definition) is 3. The summed E-state index contributed by atoms with van der Waals surface area (Å²) in [5.74, 6) is 0.324. The molecule has 1 aliphatic rings. The quantitative estimate of drug-likeness (QED) is 0.253. The molecule has 1 fully saturated rings. The second-order valence-electron chi connectivity index (χ2n) is 7.58. The van der Waals surface area contributed by atoms with Gasteiger partial charge in [0.15, 0.2) is 6.23 Å². The van der Waals surface area contributed by atoms with E-state index >= 15 is 0 Å². The lowest BCUT2D eigenvalue weighted by molar-refractivity contribution is 0.0611. The van der Waals surface area contributed by atoms with E-state index in [0.29, 0.717) is 33.9 Å². The molecular weight excluding hydrogens is 473 g/mol. The minimum Gasteiger partial charge on any atom is -0.471 e. The number of alkyl halides is 2.